The number of rotatable bonds is 5. The van der Waals surface area contributed by atoms with Crippen LogP contribution in [0.5, 0.6) is 0 Å². The number of furan rings is 1. The molecule has 1 aromatic carbocycles. The van der Waals surface area contributed by atoms with Crippen LogP contribution in [0, 0.1) is 0 Å². The van der Waals surface area contributed by atoms with Gasteiger partial charge in [-0.3, -0.25) is 9.69 Å². The van der Waals surface area contributed by atoms with E-state index in [1.807, 2.05) is 24.3 Å². The van der Waals surface area contributed by atoms with E-state index < -0.39 is 6.35 Å². The molecule has 6 heteroatoms. The molecular formula is C20H21N3O3. The summed E-state index contributed by atoms with van der Waals surface area (Å²) < 4.78 is 5.82. The molecule has 0 saturated heterocycles. The van der Waals surface area contributed by atoms with Gasteiger partial charge in [0.15, 0.2) is 0 Å². The average Bonchev–Trinajstić information content (AvgIpc) is 3.08. The molecule has 1 unspecified atom stereocenters. The first-order chi connectivity index (χ1) is 12.6. The van der Waals surface area contributed by atoms with Crippen molar-refractivity contribution in [3.8, 4) is 0 Å². The Kier molecular flexibility index (Phi) is 4.34. The van der Waals surface area contributed by atoms with Crippen LogP contribution >= 0.6 is 0 Å². The van der Waals surface area contributed by atoms with Crippen LogP contribution in [0.3, 0.4) is 0 Å². The number of aryl methyl sites for hydroxylation is 1. The summed E-state index contributed by atoms with van der Waals surface area (Å²) in [6.45, 7) is 0.485. The van der Waals surface area contributed by atoms with E-state index in [1.54, 1.807) is 30.3 Å². The van der Waals surface area contributed by atoms with E-state index in [9.17, 15) is 9.90 Å². The van der Waals surface area contributed by atoms with E-state index in [1.165, 1.54) is 4.90 Å². The number of nitrogens with zero attached hydrogens (tertiary/aromatic N) is 3. The summed E-state index contributed by atoms with van der Waals surface area (Å²) >= 11 is 0. The highest BCUT2D eigenvalue weighted by Gasteiger charge is 2.34. The average molecular weight is 351 g/mol. The molecular weight excluding hydrogens is 330 g/mol. The fourth-order valence-electron chi connectivity index (χ4n) is 3.38. The molecule has 4 rings (SSSR count). The van der Waals surface area contributed by atoms with Gasteiger partial charge in [0, 0.05) is 31.6 Å². The molecule has 0 spiro atoms. The smallest absolute Gasteiger partial charge is 0.261 e. The van der Waals surface area contributed by atoms with E-state index in [0.29, 0.717) is 17.9 Å². The molecule has 3 aromatic rings. The van der Waals surface area contributed by atoms with Gasteiger partial charge < -0.3 is 14.4 Å². The minimum absolute atomic E-state index is 0.178. The standard InChI is InChI=1S/C20H21N3O3/c1-22-18-16(9-6-11-21-18)19(24)23(20(22)25)12-5-4-8-15-13-14-7-2-3-10-17(14)26-15/h2-3,6-7,9-11,13,20,25H,4-5,8,12H2,1H3. The van der Waals surface area contributed by atoms with Crippen LogP contribution in [0.1, 0.15) is 29.0 Å². The minimum atomic E-state index is -0.990. The number of aromatic nitrogens is 1. The molecule has 0 aliphatic carbocycles. The van der Waals surface area contributed by atoms with E-state index in [0.717, 1.165) is 36.0 Å². The number of carbonyl (C=O) groups is 1. The van der Waals surface area contributed by atoms with Gasteiger partial charge in [0.2, 0.25) is 6.35 Å². The SMILES string of the molecule is CN1c2ncccc2C(=O)N(CCCCc2cc3ccccc3o2)C1O. The molecule has 6 nitrogen and oxygen atoms in total. The third-order valence-corrected chi connectivity index (χ3v) is 4.79. The fraction of sp³-hybridized carbons (Fsp3) is 0.300. The highest BCUT2D eigenvalue weighted by Crippen LogP contribution is 2.27. The molecule has 0 fully saturated rings. The Bertz CT molecular complexity index is 904. The first-order valence-corrected chi connectivity index (χ1v) is 8.79. The topological polar surface area (TPSA) is 69.8 Å². The highest BCUT2D eigenvalue weighted by atomic mass is 16.3. The van der Waals surface area contributed by atoms with Crippen LogP contribution < -0.4 is 4.90 Å². The molecule has 2 aromatic heterocycles. The molecule has 0 bridgehead atoms. The number of anilines is 1. The summed E-state index contributed by atoms with van der Waals surface area (Å²) in [5, 5.41) is 11.5. The second kappa shape index (κ2) is 6.80. The lowest BCUT2D eigenvalue weighted by Gasteiger charge is -2.39. The summed E-state index contributed by atoms with van der Waals surface area (Å²) in [5.74, 6) is 1.29. The van der Waals surface area contributed by atoms with Gasteiger partial charge in [0.1, 0.15) is 17.2 Å². The summed E-state index contributed by atoms with van der Waals surface area (Å²) in [5.41, 5.74) is 1.42. The number of hydrogen-bond donors (Lipinski definition) is 1. The Morgan fingerprint density at radius 2 is 2.04 bits per heavy atom. The maximum absolute atomic E-state index is 12.6. The number of para-hydroxylation sites is 1. The van der Waals surface area contributed by atoms with Crippen molar-refractivity contribution < 1.29 is 14.3 Å². The Labute approximate surface area is 151 Å². The normalized spacial score (nSPS) is 17.0. The van der Waals surface area contributed by atoms with Crippen molar-refractivity contribution in [2.24, 2.45) is 0 Å². The lowest BCUT2D eigenvalue weighted by molar-refractivity contribution is 0.00319. The van der Waals surface area contributed by atoms with E-state index in [2.05, 4.69) is 11.1 Å². The van der Waals surface area contributed by atoms with Crippen molar-refractivity contribution in [2.45, 2.75) is 25.6 Å². The van der Waals surface area contributed by atoms with Gasteiger partial charge in [0.05, 0.1) is 5.56 Å². The maximum atomic E-state index is 12.6. The van der Waals surface area contributed by atoms with Crippen molar-refractivity contribution in [1.29, 1.82) is 0 Å². The molecule has 26 heavy (non-hydrogen) atoms. The summed E-state index contributed by atoms with van der Waals surface area (Å²) in [6, 6.07) is 13.5. The summed E-state index contributed by atoms with van der Waals surface area (Å²) in [6.07, 6.45) is 3.10. The number of aliphatic hydroxyl groups is 1. The van der Waals surface area contributed by atoms with E-state index in [4.69, 9.17) is 4.42 Å². The van der Waals surface area contributed by atoms with E-state index >= 15 is 0 Å². The van der Waals surface area contributed by atoms with Crippen molar-refractivity contribution in [1.82, 2.24) is 9.88 Å². The first-order valence-electron chi connectivity index (χ1n) is 8.79. The van der Waals surface area contributed by atoms with Gasteiger partial charge in [-0.15, -0.1) is 0 Å². The van der Waals surface area contributed by atoms with Crippen LogP contribution in [0.25, 0.3) is 11.0 Å². The number of hydrogen-bond acceptors (Lipinski definition) is 5. The van der Waals surface area contributed by atoms with Crippen LogP contribution in [0.4, 0.5) is 5.82 Å². The monoisotopic (exact) mass is 351 g/mol. The Hall–Kier alpha value is -2.86. The van der Waals surface area contributed by atoms with E-state index in [-0.39, 0.29) is 5.91 Å². The molecule has 3 heterocycles. The number of amides is 1. The third-order valence-electron chi connectivity index (χ3n) is 4.79. The maximum Gasteiger partial charge on any atom is 0.261 e. The van der Waals surface area contributed by atoms with Crippen LogP contribution in [-0.4, -0.2) is 40.8 Å². The molecule has 1 aliphatic heterocycles. The van der Waals surface area contributed by atoms with Gasteiger partial charge >= 0.3 is 0 Å². The number of carbonyl (C=O) groups excluding carboxylic acids is 1. The first kappa shape index (κ1) is 16.6. The quantitative estimate of drug-likeness (QED) is 0.716. The molecule has 134 valence electrons. The second-order valence-corrected chi connectivity index (χ2v) is 6.54. The fourth-order valence-corrected chi connectivity index (χ4v) is 3.38. The zero-order valence-electron chi connectivity index (χ0n) is 14.6. The van der Waals surface area contributed by atoms with Gasteiger partial charge in [-0.25, -0.2) is 4.98 Å². The van der Waals surface area contributed by atoms with Gasteiger partial charge in [-0.1, -0.05) is 18.2 Å². The van der Waals surface area contributed by atoms with Crippen molar-refractivity contribution >= 4 is 22.7 Å². The van der Waals surface area contributed by atoms with Crippen molar-refractivity contribution in [2.75, 3.05) is 18.5 Å². The molecule has 0 radical (unpaired) electrons. The number of benzene rings is 1. The highest BCUT2D eigenvalue weighted by molar-refractivity contribution is 6.00. The predicted molar refractivity (Wildman–Crippen MR) is 98.8 cm³/mol. The van der Waals surface area contributed by atoms with Crippen LogP contribution in [0.15, 0.2) is 53.1 Å². The molecule has 1 aliphatic rings. The van der Waals surface area contributed by atoms with Crippen LogP contribution in [-0.2, 0) is 6.42 Å². The number of unbranched alkanes of at least 4 members (excludes halogenated alkanes) is 1. The lowest BCUT2D eigenvalue weighted by Crippen LogP contribution is -2.54. The van der Waals surface area contributed by atoms with Gasteiger partial charge in [-0.2, -0.15) is 0 Å². The summed E-state index contributed by atoms with van der Waals surface area (Å²) in [7, 11) is 1.74. The zero-order valence-corrected chi connectivity index (χ0v) is 14.6. The number of fused-ring (bicyclic) bond motifs is 2. The lowest BCUT2D eigenvalue weighted by atomic mass is 10.1. The molecule has 1 amide bonds. The predicted octanol–water partition coefficient (Wildman–Crippen LogP) is 3.02. The zero-order chi connectivity index (χ0) is 18.1. The Morgan fingerprint density at radius 3 is 2.88 bits per heavy atom. The Morgan fingerprint density at radius 1 is 1.19 bits per heavy atom. The minimum Gasteiger partial charge on any atom is -0.461 e. The molecule has 1 N–H and O–H groups in total. The van der Waals surface area contributed by atoms with Gasteiger partial charge in [-0.05, 0) is 37.1 Å². The largest absolute Gasteiger partial charge is 0.461 e. The van der Waals surface area contributed by atoms with Crippen LogP contribution in [0.2, 0.25) is 0 Å². The number of aliphatic hydroxyl groups excluding tert-OH is 1. The number of pyridine rings is 1. The third kappa shape index (κ3) is 2.93. The second-order valence-electron chi connectivity index (χ2n) is 6.54. The van der Waals surface area contributed by atoms with Gasteiger partial charge in [0.25, 0.3) is 5.91 Å². The Balaban J connectivity index is 1.38. The van der Waals surface area contributed by atoms with Crippen molar-refractivity contribution in [3.63, 3.8) is 0 Å². The summed E-state index contributed by atoms with van der Waals surface area (Å²) in [4.78, 5) is 19.9. The molecule has 1 atom stereocenters. The van der Waals surface area contributed by atoms with Crippen molar-refractivity contribution in [3.05, 3.63) is 60.0 Å². The molecule has 0 saturated carbocycles.